The van der Waals surface area contributed by atoms with Crippen LogP contribution in [0.15, 0.2) is 24.3 Å². The number of aliphatic carboxylic acids is 1. The summed E-state index contributed by atoms with van der Waals surface area (Å²) in [4.78, 5) is 10.6. The van der Waals surface area contributed by atoms with Gasteiger partial charge in [0.15, 0.2) is 6.29 Å². The molecule has 3 N–H and O–H groups in total. The molecule has 5 heteroatoms. The molecule has 0 amide bonds. The summed E-state index contributed by atoms with van der Waals surface area (Å²) in [6.45, 7) is 1.30. The van der Waals surface area contributed by atoms with Gasteiger partial charge in [-0.15, -0.1) is 0 Å². The van der Waals surface area contributed by atoms with Crippen molar-refractivity contribution in [1.29, 1.82) is 0 Å². The second-order valence-electron chi connectivity index (χ2n) is 4.34. The predicted molar refractivity (Wildman–Crippen MR) is 65.2 cm³/mol. The van der Waals surface area contributed by atoms with Crippen LogP contribution in [0.1, 0.15) is 11.1 Å². The van der Waals surface area contributed by atoms with Crippen LogP contribution in [0.4, 0.5) is 0 Å². The second-order valence-corrected chi connectivity index (χ2v) is 4.34. The van der Waals surface area contributed by atoms with Crippen molar-refractivity contribution in [3.63, 3.8) is 0 Å². The molecule has 1 aliphatic rings. The first-order valence-corrected chi connectivity index (χ1v) is 5.94. The molecule has 98 valence electrons. The highest BCUT2D eigenvalue weighted by molar-refractivity contribution is 5.73. The molecule has 0 aromatic heterocycles. The summed E-state index contributed by atoms with van der Waals surface area (Å²) in [5, 5.41) is 8.73. The van der Waals surface area contributed by atoms with Gasteiger partial charge in [0.1, 0.15) is 6.04 Å². The summed E-state index contributed by atoms with van der Waals surface area (Å²) in [7, 11) is 0. The van der Waals surface area contributed by atoms with Gasteiger partial charge in [-0.1, -0.05) is 24.3 Å². The quantitative estimate of drug-likeness (QED) is 0.799. The Kier molecular flexibility index (Phi) is 4.30. The third-order valence-electron chi connectivity index (χ3n) is 2.89. The molecule has 1 fully saturated rings. The van der Waals surface area contributed by atoms with Crippen molar-refractivity contribution in [2.75, 3.05) is 13.2 Å². The lowest BCUT2D eigenvalue weighted by molar-refractivity contribution is -0.138. The molecule has 1 heterocycles. The van der Waals surface area contributed by atoms with Crippen LogP contribution in [0.2, 0.25) is 0 Å². The van der Waals surface area contributed by atoms with E-state index in [-0.39, 0.29) is 6.29 Å². The van der Waals surface area contributed by atoms with Gasteiger partial charge in [0.05, 0.1) is 13.2 Å². The van der Waals surface area contributed by atoms with E-state index in [1.807, 2.05) is 24.3 Å². The smallest absolute Gasteiger partial charge is 0.320 e. The summed E-state index contributed by atoms with van der Waals surface area (Å²) < 4.78 is 10.7. The maximum absolute atomic E-state index is 10.6. The molecule has 0 spiro atoms. The normalized spacial score (nSPS) is 17.8. The van der Waals surface area contributed by atoms with Gasteiger partial charge in [-0.2, -0.15) is 0 Å². The average molecular weight is 251 g/mol. The third-order valence-corrected chi connectivity index (χ3v) is 2.89. The monoisotopic (exact) mass is 251 g/mol. The first-order valence-electron chi connectivity index (χ1n) is 5.94. The number of hydrogen-bond acceptors (Lipinski definition) is 4. The zero-order chi connectivity index (χ0) is 13.0. The van der Waals surface area contributed by atoms with Crippen LogP contribution in [0, 0.1) is 0 Å². The number of carboxylic acids is 1. The van der Waals surface area contributed by atoms with Crippen molar-refractivity contribution in [2.24, 2.45) is 5.73 Å². The fraction of sp³-hybridized carbons (Fsp3) is 0.462. The van der Waals surface area contributed by atoms with Gasteiger partial charge in [-0.3, -0.25) is 4.79 Å². The van der Waals surface area contributed by atoms with Crippen molar-refractivity contribution in [3.05, 3.63) is 35.4 Å². The first-order chi connectivity index (χ1) is 8.65. The lowest BCUT2D eigenvalue weighted by atomic mass is 10.0. The maximum Gasteiger partial charge on any atom is 0.320 e. The van der Waals surface area contributed by atoms with Crippen LogP contribution in [-0.2, 0) is 27.1 Å². The minimum absolute atomic E-state index is 0.155. The Hall–Kier alpha value is -1.43. The summed E-state index contributed by atoms with van der Waals surface area (Å²) in [5.41, 5.74) is 7.50. The molecule has 5 nitrogen and oxygen atoms in total. The molecule has 0 aliphatic carbocycles. The van der Waals surface area contributed by atoms with Crippen LogP contribution in [-0.4, -0.2) is 36.6 Å². The SMILES string of the molecule is NC(Cc1ccc(CC2OCCO2)cc1)C(=O)O. The third kappa shape index (κ3) is 3.53. The average Bonchev–Trinajstić information content (AvgIpc) is 2.84. The summed E-state index contributed by atoms with van der Waals surface area (Å²) in [6, 6.07) is 6.85. The summed E-state index contributed by atoms with van der Waals surface area (Å²) in [5.74, 6) is -0.980. The number of ether oxygens (including phenoxy) is 2. The maximum atomic E-state index is 10.6. The van der Waals surface area contributed by atoms with E-state index >= 15 is 0 Å². The van der Waals surface area contributed by atoms with Crippen molar-refractivity contribution >= 4 is 5.97 Å². The zero-order valence-corrected chi connectivity index (χ0v) is 10.0. The molecule has 2 rings (SSSR count). The highest BCUT2D eigenvalue weighted by Gasteiger charge is 2.16. The van der Waals surface area contributed by atoms with Crippen molar-refractivity contribution in [1.82, 2.24) is 0 Å². The van der Waals surface area contributed by atoms with Gasteiger partial charge in [-0.05, 0) is 17.5 Å². The molecule has 1 unspecified atom stereocenters. The van der Waals surface area contributed by atoms with Crippen LogP contribution >= 0.6 is 0 Å². The molecule has 0 radical (unpaired) electrons. The Bertz CT molecular complexity index is 398. The number of rotatable bonds is 5. The lowest BCUT2D eigenvalue weighted by Gasteiger charge is -2.10. The minimum atomic E-state index is -0.980. The van der Waals surface area contributed by atoms with Gasteiger partial charge in [0, 0.05) is 6.42 Å². The second kappa shape index (κ2) is 5.95. The Balaban J connectivity index is 1.90. The summed E-state index contributed by atoms with van der Waals surface area (Å²) >= 11 is 0. The van der Waals surface area contributed by atoms with Crippen LogP contribution in [0.5, 0.6) is 0 Å². The number of carboxylic acid groups (broad SMARTS) is 1. The fourth-order valence-electron chi connectivity index (χ4n) is 1.87. The highest BCUT2D eigenvalue weighted by atomic mass is 16.7. The lowest BCUT2D eigenvalue weighted by Crippen LogP contribution is -2.32. The van der Waals surface area contributed by atoms with Gasteiger partial charge in [0.2, 0.25) is 0 Å². The Morgan fingerprint density at radius 3 is 2.39 bits per heavy atom. The van der Waals surface area contributed by atoms with Gasteiger partial charge < -0.3 is 20.3 Å². The van der Waals surface area contributed by atoms with Crippen molar-refractivity contribution < 1.29 is 19.4 Å². The highest BCUT2D eigenvalue weighted by Crippen LogP contribution is 2.13. The van der Waals surface area contributed by atoms with E-state index in [0.29, 0.717) is 26.1 Å². The van der Waals surface area contributed by atoms with E-state index in [4.69, 9.17) is 20.3 Å². The molecule has 1 atom stereocenters. The van der Waals surface area contributed by atoms with E-state index < -0.39 is 12.0 Å². The summed E-state index contributed by atoms with van der Waals surface area (Å²) in [6.07, 6.45) is 0.897. The van der Waals surface area contributed by atoms with E-state index in [1.165, 1.54) is 0 Å². The van der Waals surface area contributed by atoms with Crippen LogP contribution < -0.4 is 5.73 Å². The molecule has 0 saturated carbocycles. The number of nitrogens with two attached hydrogens (primary N) is 1. The van der Waals surface area contributed by atoms with Crippen LogP contribution in [0.3, 0.4) is 0 Å². The molecule has 1 saturated heterocycles. The number of carbonyl (C=O) groups is 1. The molecular weight excluding hydrogens is 234 g/mol. The van der Waals surface area contributed by atoms with E-state index in [2.05, 4.69) is 0 Å². The molecular formula is C13H17NO4. The van der Waals surface area contributed by atoms with Crippen LogP contribution in [0.25, 0.3) is 0 Å². The van der Waals surface area contributed by atoms with Gasteiger partial charge in [-0.25, -0.2) is 0 Å². The largest absolute Gasteiger partial charge is 0.480 e. The standard InChI is InChI=1S/C13H17NO4/c14-11(13(15)16)7-9-1-3-10(4-2-9)8-12-17-5-6-18-12/h1-4,11-12H,5-8,14H2,(H,15,16). The Morgan fingerprint density at radius 1 is 1.28 bits per heavy atom. The van der Waals surface area contributed by atoms with Gasteiger partial charge >= 0.3 is 5.97 Å². The fourth-order valence-corrected chi connectivity index (χ4v) is 1.87. The predicted octanol–water partition coefficient (Wildman–Crippen LogP) is 0.556. The molecule has 1 aromatic rings. The molecule has 1 aliphatic heterocycles. The topological polar surface area (TPSA) is 81.8 Å². The Labute approximate surface area is 106 Å². The van der Waals surface area contributed by atoms with Crippen molar-refractivity contribution in [3.8, 4) is 0 Å². The molecule has 1 aromatic carbocycles. The van der Waals surface area contributed by atoms with Gasteiger partial charge in [0.25, 0.3) is 0 Å². The molecule has 0 bridgehead atoms. The Morgan fingerprint density at radius 2 is 1.83 bits per heavy atom. The van der Waals surface area contributed by atoms with E-state index in [0.717, 1.165) is 11.1 Å². The first kappa shape index (κ1) is 13.0. The van der Waals surface area contributed by atoms with Crippen molar-refractivity contribution in [2.45, 2.75) is 25.2 Å². The molecule has 18 heavy (non-hydrogen) atoms. The zero-order valence-electron chi connectivity index (χ0n) is 10.0. The minimum Gasteiger partial charge on any atom is -0.480 e. The van der Waals surface area contributed by atoms with E-state index in [1.54, 1.807) is 0 Å². The number of hydrogen-bond donors (Lipinski definition) is 2. The van der Waals surface area contributed by atoms with E-state index in [9.17, 15) is 4.79 Å². The number of benzene rings is 1.